The van der Waals surface area contributed by atoms with Crippen LogP contribution in [0.15, 0.2) is 48.5 Å². The number of nitriles is 1. The minimum atomic E-state index is 0.495. The molecule has 0 bridgehead atoms. The number of fused-ring (bicyclic) bond motifs is 1. The zero-order chi connectivity index (χ0) is 14.5. The lowest BCUT2D eigenvalue weighted by Gasteiger charge is -2.26. The van der Waals surface area contributed by atoms with Crippen molar-refractivity contribution in [2.75, 3.05) is 13.2 Å². The van der Waals surface area contributed by atoms with Crippen LogP contribution in [0, 0.1) is 11.3 Å². The van der Waals surface area contributed by atoms with Gasteiger partial charge in [0.05, 0.1) is 18.2 Å². The summed E-state index contributed by atoms with van der Waals surface area (Å²) in [5.74, 6) is 1.51. The summed E-state index contributed by atoms with van der Waals surface area (Å²) in [6.45, 7) is 2.50. The molecule has 1 aliphatic heterocycles. The van der Waals surface area contributed by atoms with Gasteiger partial charge in [-0.1, -0.05) is 30.3 Å². The molecule has 3 heteroatoms. The predicted molar refractivity (Wildman–Crippen MR) is 82.2 cm³/mol. The molecule has 0 amide bonds. The largest absolute Gasteiger partial charge is 0.493 e. The van der Waals surface area contributed by atoms with E-state index in [0.717, 1.165) is 37.4 Å². The van der Waals surface area contributed by atoms with Gasteiger partial charge in [-0.15, -0.1) is 0 Å². The van der Waals surface area contributed by atoms with Gasteiger partial charge < -0.3 is 10.1 Å². The van der Waals surface area contributed by atoms with Gasteiger partial charge in [-0.2, -0.15) is 5.26 Å². The molecular formula is C18H18N2O. The van der Waals surface area contributed by atoms with Crippen LogP contribution < -0.4 is 10.1 Å². The van der Waals surface area contributed by atoms with E-state index in [0.29, 0.717) is 11.5 Å². The molecule has 1 heterocycles. The summed E-state index contributed by atoms with van der Waals surface area (Å²) in [5, 5.41) is 12.4. The number of rotatable bonds is 4. The standard InChI is InChI=1S/C18H18N2O/c19-11-14-4-3-5-15(10-14)12-20-13-16-8-9-21-18-7-2-1-6-17(16)18/h1-7,10,16,20H,8-9,12-13H2. The van der Waals surface area contributed by atoms with Crippen molar-refractivity contribution in [3.8, 4) is 11.8 Å². The van der Waals surface area contributed by atoms with Gasteiger partial charge >= 0.3 is 0 Å². The lowest BCUT2D eigenvalue weighted by Crippen LogP contribution is -2.25. The van der Waals surface area contributed by atoms with Crippen molar-refractivity contribution >= 4 is 0 Å². The van der Waals surface area contributed by atoms with Crippen molar-refractivity contribution in [3.63, 3.8) is 0 Å². The number of hydrogen-bond acceptors (Lipinski definition) is 3. The number of ether oxygens (including phenoxy) is 1. The first-order valence-electron chi connectivity index (χ1n) is 7.28. The Bertz CT molecular complexity index is 660. The molecule has 0 radical (unpaired) electrons. The Balaban J connectivity index is 1.60. The minimum Gasteiger partial charge on any atom is -0.493 e. The summed E-state index contributed by atoms with van der Waals surface area (Å²) in [6.07, 6.45) is 1.04. The highest BCUT2D eigenvalue weighted by Crippen LogP contribution is 2.32. The van der Waals surface area contributed by atoms with E-state index in [1.54, 1.807) is 0 Å². The maximum atomic E-state index is 8.92. The molecular weight excluding hydrogens is 260 g/mol. The first kappa shape index (κ1) is 13.7. The quantitative estimate of drug-likeness (QED) is 0.934. The normalized spacial score (nSPS) is 16.6. The van der Waals surface area contributed by atoms with Crippen molar-refractivity contribution in [1.29, 1.82) is 5.26 Å². The van der Waals surface area contributed by atoms with Gasteiger partial charge in [-0.3, -0.25) is 0 Å². The van der Waals surface area contributed by atoms with Crippen molar-refractivity contribution in [1.82, 2.24) is 5.32 Å². The molecule has 2 aromatic rings. The Labute approximate surface area is 125 Å². The third kappa shape index (κ3) is 3.24. The van der Waals surface area contributed by atoms with Crippen LogP contribution in [-0.2, 0) is 6.54 Å². The fraction of sp³-hybridized carbons (Fsp3) is 0.278. The van der Waals surface area contributed by atoms with Crippen LogP contribution in [-0.4, -0.2) is 13.2 Å². The summed E-state index contributed by atoms with van der Waals surface area (Å²) in [4.78, 5) is 0. The third-order valence-corrected chi connectivity index (χ3v) is 3.86. The Kier molecular flexibility index (Phi) is 4.18. The van der Waals surface area contributed by atoms with Crippen molar-refractivity contribution < 1.29 is 4.74 Å². The molecule has 0 aromatic heterocycles. The average Bonchev–Trinajstić information content (AvgIpc) is 2.55. The van der Waals surface area contributed by atoms with Crippen LogP contribution in [0.25, 0.3) is 0 Å². The second-order valence-corrected chi connectivity index (χ2v) is 5.31. The molecule has 1 N–H and O–H groups in total. The predicted octanol–water partition coefficient (Wildman–Crippen LogP) is 3.21. The van der Waals surface area contributed by atoms with Gasteiger partial charge in [-0.05, 0) is 35.7 Å². The number of nitrogens with zero attached hydrogens (tertiary/aromatic N) is 1. The first-order chi connectivity index (χ1) is 10.4. The fourth-order valence-corrected chi connectivity index (χ4v) is 2.77. The van der Waals surface area contributed by atoms with Crippen LogP contribution in [0.4, 0.5) is 0 Å². The van der Waals surface area contributed by atoms with Crippen LogP contribution in [0.2, 0.25) is 0 Å². The number of benzene rings is 2. The molecule has 0 fully saturated rings. The molecule has 0 aliphatic carbocycles. The van der Waals surface area contributed by atoms with Gasteiger partial charge in [0.1, 0.15) is 5.75 Å². The molecule has 1 aliphatic rings. The van der Waals surface area contributed by atoms with Crippen molar-refractivity contribution in [2.45, 2.75) is 18.9 Å². The van der Waals surface area contributed by atoms with Gasteiger partial charge in [-0.25, -0.2) is 0 Å². The molecule has 1 unspecified atom stereocenters. The maximum Gasteiger partial charge on any atom is 0.122 e. The molecule has 3 nitrogen and oxygen atoms in total. The topological polar surface area (TPSA) is 45.0 Å². The number of hydrogen-bond donors (Lipinski definition) is 1. The van der Waals surface area contributed by atoms with Crippen LogP contribution in [0.1, 0.15) is 29.0 Å². The van der Waals surface area contributed by atoms with E-state index < -0.39 is 0 Å². The maximum absolute atomic E-state index is 8.92. The monoisotopic (exact) mass is 278 g/mol. The fourth-order valence-electron chi connectivity index (χ4n) is 2.77. The zero-order valence-corrected chi connectivity index (χ0v) is 11.9. The highest BCUT2D eigenvalue weighted by Gasteiger charge is 2.20. The van der Waals surface area contributed by atoms with E-state index in [1.165, 1.54) is 5.56 Å². The van der Waals surface area contributed by atoms with E-state index in [2.05, 4.69) is 23.5 Å². The van der Waals surface area contributed by atoms with E-state index in [9.17, 15) is 0 Å². The van der Waals surface area contributed by atoms with E-state index in [1.807, 2.05) is 36.4 Å². The Hall–Kier alpha value is -2.31. The van der Waals surface area contributed by atoms with Crippen molar-refractivity contribution in [3.05, 3.63) is 65.2 Å². The minimum absolute atomic E-state index is 0.495. The number of para-hydroxylation sites is 1. The zero-order valence-electron chi connectivity index (χ0n) is 11.9. The van der Waals surface area contributed by atoms with E-state index >= 15 is 0 Å². The molecule has 0 spiro atoms. The number of nitrogens with one attached hydrogen (secondary N) is 1. The summed E-state index contributed by atoms with van der Waals surface area (Å²) in [5.41, 5.74) is 3.15. The van der Waals surface area contributed by atoms with Gasteiger partial charge in [0.15, 0.2) is 0 Å². The van der Waals surface area contributed by atoms with Gasteiger partial charge in [0.25, 0.3) is 0 Å². The van der Waals surface area contributed by atoms with Crippen LogP contribution in [0.3, 0.4) is 0 Å². The molecule has 106 valence electrons. The first-order valence-corrected chi connectivity index (χ1v) is 7.28. The lowest BCUT2D eigenvalue weighted by molar-refractivity contribution is 0.264. The molecule has 3 rings (SSSR count). The Morgan fingerprint density at radius 3 is 3.00 bits per heavy atom. The summed E-state index contributed by atoms with van der Waals surface area (Å²) in [6, 6.07) is 18.2. The summed E-state index contributed by atoms with van der Waals surface area (Å²) >= 11 is 0. The lowest BCUT2D eigenvalue weighted by atomic mass is 9.93. The van der Waals surface area contributed by atoms with Gasteiger partial charge in [0, 0.05) is 19.0 Å². The molecule has 1 atom stereocenters. The molecule has 21 heavy (non-hydrogen) atoms. The molecule has 0 saturated carbocycles. The molecule has 0 saturated heterocycles. The third-order valence-electron chi connectivity index (χ3n) is 3.86. The second kappa shape index (κ2) is 6.43. The van der Waals surface area contributed by atoms with E-state index in [4.69, 9.17) is 10.00 Å². The van der Waals surface area contributed by atoms with E-state index in [-0.39, 0.29) is 0 Å². The van der Waals surface area contributed by atoms with Gasteiger partial charge in [0.2, 0.25) is 0 Å². The van der Waals surface area contributed by atoms with Crippen LogP contribution in [0.5, 0.6) is 5.75 Å². The highest BCUT2D eigenvalue weighted by atomic mass is 16.5. The van der Waals surface area contributed by atoms with Crippen LogP contribution >= 0.6 is 0 Å². The molecule has 2 aromatic carbocycles. The smallest absolute Gasteiger partial charge is 0.122 e. The highest BCUT2D eigenvalue weighted by molar-refractivity contribution is 5.38. The Morgan fingerprint density at radius 1 is 1.19 bits per heavy atom. The van der Waals surface area contributed by atoms with Crippen molar-refractivity contribution in [2.24, 2.45) is 0 Å². The average molecular weight is 278 g/mol. The Morgan fingerprint density at radius 2 is 2.10 bits per heavy atom. The second-order valence-electron chi connectivity index (χ2n) is 5.31. The summed E-state index contributed by atoms with van der Waals surface area (Å²) in [7, 11) is 0. The summed E-state index contributed by atoms with van der Waals surface area (Å²) < 4.78 is 5.68. The SMILES string of the molecule is N#Cc1cccc(CNCC2CCOc3ccccc32)c1.